The summed E-state index contributed by atoms with van der Waals surface area (Å²) in [5.74, 6) is -2.76. The van der Waals surface area contributed by atoms with Gasteiger partial charge < -0.3 is 19.8 Å². The van der Waals surface area contributed by atoms with Gasteiger partial charge in [-0.1, -0.05) is 0 Å². The molecule has 1 rings (SSSR count). The van der Waals surface area contributed by atoms with E-state index in [1.54, 1.807) is 26.1 Å². The summed E-state index contributed by atoms with van der Waals surface area (Å²) in [7, 11) is 0. The van der Waals surface area contributed by atoms with Gasteiger partial charge in [-0.25, -0.2) is 14.4 Å². The summed E-state index contributed by atoms with van der Waals surface area (Å²) in [6.45, 7) is 3.80. The molecule has 0 bridgehead atoms. The molecule has 9 nitrogen and oxygen atoms in total. The number of amides is 3. The smallest absolute Gasteiger partial charge is 0.405 e. The number of carbonyl (C=O) groups excluding carboxylic acids is 4. The molecule has 0 saturated heterocycles. The molecule has 0 spiro atoms. The number of imide groups is 1. The minimum atomic E-state index is -4.63. The quantitative estimate of drug-likeness (QED) is 0.617. The normalized spacial score (nSPS) is 11.1. The van der Waals surface area contributed by atoms with Crippen LogP contribution in [0.15, 0.2) is 0 Å². The van der Waals surface area contributed by atoms with E-state index in [1.165, 1.54) is 12.2 Å². The van der Waals surface area contributed by atoms with Crippen LogP contribution in [0, 0.1) is 13.8 Å². The third-order valence-corrected chi connectivity index (χ3v) is 3.23. The van der Waals surface area contributed by atoms with E-state index in [0.29, 0.717) is 5.69 Å². The molecular formula is C16H20F3N3O6. The maximum absolute atomic E-state index is 12.1. The molecule has 28 heavy (non-hydrogen) atoms. The number of urea groups is 1. The van der Waals surface area contributed by atoms with Crippen LogP contribution in [0.2, 0.25) is 0 Å². The molecule has 0 aliphatic heterocycles. The van der Waals surface area contributed by atoms with Crippen molar-refractivity contribution in [1.29, 1.82) is 0 Å². The van der Waals surface area contributed by atoms with Crippen LogP contribution in [-0.4, -0.2) is 54.3 Å². The van der Waals surface area contributed by atoms with E-state index in [2.05, 4.69) is 4.98 Å². The lowest BCUT2D eigenvalue weighted by molar-refractivity contribution is -0.125. The second-order valence-electron chi connectivity index (χ2n) is 6.00. The lowest BCUT2D eigenvalue weighted by atomic mass is 10.1. The molecule has 0 aliphatic rings. The van der Waals surface area contributed by atoms with Crippen molar-refractivity contribution < 1.29 is 41.8 Å². The van der Waals surface area contributed by atoms with Crippen LogP contribution in [-0.2, 0) is 14.3 Å². The summed E-state index contributed by atoms with van der Waals surface area (Å²) in [4.78, 5) is 49.4. The zero-order valence-electron chi connectivity index (χ0n) is 15.6. The topological polar surface area (TPSA) is 127 Å². The molecule has 1 heterocycles. The Labute approximate surface area is 157 Å². The number of carbonyl (C=O) groups is 4. The average molecular weight is 407 g/mol. The highest BCUT2D eigenvalue weighted by Crippen LogP contribution is 2.20. The Morgan fingerprint density at radius 3 is 2.25 bits per heavy atom. The number of nitrogens with one attached hydrogen (secondary N) is 3. The number of hydrogen-bond acceptors (Lipinski definition) is 6. The van der Waals surface area contributed by atoms with Gasteiger partial charge in [0.15, 0.2) is 6.61 Å². The molecule has 0 unspecified atom stereocenters. The summed E-state index contributed by atoms with van der Waals surface area (Å²) >= 11 is 0. The van der Waals surface area contributed by atoms with Crippen molar-refractivity contribution in [1.82, 2.24) is 15.6 Å². The van der Waals surface area contributed by atoms with E-state index in [1.807, 2.05) is 0 Å². The zero-order chi connectivity index (χ0) is 21.6. The minimum absolute atomic E-state index is 0.0949. The molecule has 1 aromatic rings. The number of alkyl halides is 3. The summed E-state index contributed by atoms with van der Waals surface area (Å²) in [5, 5.41) is 3.01. The predicted molar refractivity (Wildman–Crippen MR) is 88.7 cm³/mol. The fraction of sp³-hybridized carbons (Fsp3) is 0.500. The number of halogens is 3. The van der Waals surface area contributed by atoms with Crippen molar-refractivity contribution in [3.05, 3.63) is 22.5 Å². The highest BCUT2D eigenvalue weighted by atomic mass is 19.4. The van der Waals surface area contributed by atoms with Crippen LogP contribution in [0.3, 0.4) is 0 Å². The first-order chi connectivity index (χ1) is 12.8. The number of esters is 2. The average Bonchev–Trinajstić information content (AvgIpc) is 2.84. The van der Waals surface area contributed by atoms with E-state index in [4.69, 9.17) is 9.47 Å². The molecule has 0 atom stereocenters. The van der Waals surface area contributed by atoms with Crippen molar-refractivity contribution in [2.75, 3.05) is 13.2 Å². The lowest BCUT2D eigenvalue weighted by Crippen LogP contribution is -2.44. The molecule has 0 saturated carbocycles. The zero-order valence-corrected chi connectivity index (χ0v) is 15.6. The Morgan fingerprint density at radius 1 is 1.11 bits per heavy atom. The number of rotatable bonds is 6. The van der Waals surface area contributed by atoms with Gasteiger partial charge in [-0.3, -0.25) is 10.1 Å². The van der Waals surface area contributed by atoms with Gasteiger partial charge in [0.2, 0.25) is 0 Å². The molecule has 3 N–H and O–H groups in total. The molecule has 0 fully saturated rings. The summed E-state index contributed by atoms with van der Waals surface area (Å²) in [6, 6.07) is -1.39. The number of ether oxygens (including phenoxy) is 2. The summed E-state index contributed by atoms with van der Waals surface area (Å²) < 4.78 is 45.7. The van der Waals surface area contributed by atoms with Crippen LogP contribution in [0.1, 0.15) is 46.0 Å². The Hall–Kier alpha value is -3.05. The maximum atomic E-state index is 12.1. The van der Waals surface area contributed by atoms with Crippen molar-refractivity contribution in [2.45, 2.75) is 40.0 Å². The van der Waals surface area contributed by atoms with E-state index >= 15 is 0 Å². The molecule has 0 aliphatic carbocycles. The maximum Gasteiger partial charge on any atom is 0.405 e. The first-order valence-corrected chi connectivity index (χ1v) is 8.03. The van der Waals surface area contributed by atoms with Gasteiger partial charge in [0.25, 0.3) is 5.91 Å². The number of aromatic amines is 1. The van der Waals surface area contributed by atoms with Crippen LogP contribution in [0.4, 0.5) is 18.0 Å². The van der Waals surface area contributed by atoms with Crippen LogP contribution in [0.5, 0.6) is 0 Å². The Balaban J connectivity index is 2.65. The number of hydrogen-bond donors (Lipinski definition) is 3. The highest BCUT2D eigenvalue weighted by molar-refractivity contribution is 6.00. The van der Waals surface area contributed by atoms with Gasteiger partial charge in [-0.15, -0.1) is 0 Å². The minimum Gasteiger partial charge on any atom is -0.459 e. The van der Waals surface area contributed by atoms with E-state index in [-0.39, 0.29) is 22.9 Å². The van der Waals surface area contributed by atoms with E-state index < -0.39 is 43.2 Å². The lowest BCUT2D eigenvalue weighted by Gasteiger charge is -2.09. The van der Waals surface area contributed by atoms with Gasteiger partial charge in [0.1, 0.15) is 12.2 Å². The largest absolute Gasteiger partial charge is 0.459 e. The summed E-state index contributed by atoms with van der Waals surface area (Å²) in [5.41, 5.74) is 0.654. The summed E-state index contributed by atoms with van der Waals surface area (Å²) in [6.07, 6.45) is -5.01. The Bertz CT molecular complexity index is 770. The third kappa shape index (κ3) is 6.93. The van der Waals surface area contributed by atoms with Gasteiger partial charge in [-0.2, -0.15) is 13.2 Å². The molecule has 12 heteroatoms. The van der Waals surface area contributed by atoms with E-state index in [0.717, 1.165) is 0 Å². The Morgan fingerprint density at radius 2 is 1.71 bits per heavy atom. The third-order valence-electron chi connectivity index (χ3n) is 3.23. The highest BCUT2D eigenvalue weighted by Gasteiger charge is 2.28. The van der Waals surface area contributed by atoms with E-state index in [9.17, 15) is 32.3 Å². The van der Waals surface area contributed by atoms with Crippen molar-refractivity contribution in [2.24, 2.45) is 0 Å². The molecule has 0 aromatic carbocycles. The van der Waals surface area contributed by atoms with Crippen molar-refractivity contribution >= 4 is 23.9 Å². The van der Waals surface area contributed by atoms with Crippen molar-refractivity contribution in [3.63, 3.8) is 0 Å². The van der Waals surface area contributed by atoms with Crippen LogP contribution in [0.25, 0.3) is 0 Å². The van der Waals surface area contributed by atoms with Gasteiger partial charge >= 0.3 is 24.1 Å². The number of aromatic nitrogens is 1. The number of H-pyrrole nitrogens is 1. The fourth-order valence-electron chi connectivity index (χ4n) is 2.12. The van der Waals surface area contributed by atoms with Gasteiger partial charge in [0.05, 0.1) is 11.7 Å². The van der Waals surface area contributed by atoms with Crippen LogP contribution >= 0.6 is 0 Å². The second-order valence-corrected chi connectivity index (χ2v) is 6.00. The molecule has 0 radical (unpaired) electrons. The molecule has 1 aromatic heterocycles. The fourth-order valence-corrected chi connectivity index (χ4v) is 2.12. The monoisotopic (exact) mass is 407 g/mol. The Kier molecular flexibility index (Phi) is 7.59. The first-order valence-electron chi connectivity index (χ1n) is 8.03. The first kappa shape index (κ1) is 23.0. The standard InChI is InChI=1S/C16H20F3N3O6/c1-7(2)28-13(24)11-8(3)12(21-9(11)4)14(25)27-5-10(23)22-15(26)20-6-16(17,18)19/h7,21H,5-6H2,1-4H3,(H2,20,22,23,26). The predicted octanol–water partition coefficient (Wildman–Crippen LogP) is 1.74. The number of aryl methyl sites for hydroxylation is 1. The molecule has 156 valence electrons. The van der Waals surface area contributed by atoms with Gasteiger partial charge in [0, 0.05) is 5.69 Å². The van der Waals surface area contributed by atoms with Crippen LogP contribution < -0.4 is 10.6 Å². The SMILES string of the molecule is Cc1[nH]c(C(=O)OCC(=O)NC(=O)NCC(F)(F)F)c(C)c1C(=O)OC(C)C. The molecular weight excluding hydrogens is 387 g/mol. The van der Waals surface area contributed by atoms with Crippen molar-refractivity contribution in [3.8, 4) is 0 Å². The second kappa shape index (κ2) is 9.24. The van der Waals surface area contributed by atoms with Gasteiger partial charge in [-0.05, 0) is 33.3 Å². The molecule has 3 amide bonds.